The van der Waals surface area contributed by atoms with Gasteiger partial charge in [-0.1, -0.05) is 37.3 Å². The molecule has 0 aliphatic rings. The molecule has 0 aliphatic carbocycles. The lowest BCUT2D eigenvalue weighted by Crippen LogP contribution is -1.92. The average Bonchev–Trinajstić information content (AvgIpc) is 2.80. The van der Waals surface area contributed by atoms with E-state index in [1.54, 1.807) is 0 Å². The normalized spacial score (nSPS) is 11.0. The van der Waals surface area contributed by atoms with Crippen molar-refractivity contribution in [2.24, 2.45) is 0 Å². The number of pyridine rings is 1. The van der Waals surface area contributed by atoms with Gasteiger partial charge in [0.1, 0.15) is 0 Å². The topological polar surface area (TPSA) is 17.3 Å². The third-order valence-corrected chi connectivity index (χ3v) is 3.70. The number of aryl methyl sites for hydroxylation is 1. The third-order valence-electron chi connectivity index (χ3n) is 3.08. The van der Waals surface area contributed by atoms with Gasteiger partial charge < -0.3 is 4.40 Å². The van der Waals surface area contributed by atoms with E-state index < -0.39 is 0 Å². The Bertz CT molecular complexity index is 686. The van der Waals surface area contributed by atoms with Crippen LogP contribution < -0.4 is 0 Å². The van der Waals surface area contributed by atoms with E-state index in [4.69, 9.17) is 4.98 Å². The van der Waals surface area contributed by atoms with Crippen LogP contribution in [0.4, 0.5) is 0 Å². The number of rotatable bonds is 2. The van der Waals surface area contributed by atoms with Crippen LogP contribution in [0, 0.1) is 0 Å². The van der Waals surface area contributed by atoms with Crippen LogP contribution in [0.25, 0.3) is 16.9 Å². The maximum atomic E-state index is 4.77. The van der Waals surface area contributed by atoms with Crippen LogP contribution >= 0.6 is 15.9 Å². The summed E-state index contributed by atoms with van der Waals surface area (Å²) in [6.07, 6.45) is 3.03. The molecule has 2 nitrogen and oxygen atoms in total. The molecule has 0 atom stereocenters. The predicted molar refractivity (Wildman–Crippen MR) is 77.7 cm³/mol. The summed E-state index contributed by atoms with van der Waals surface area (Å²) in [4.78, 5) is 4.77. The van der Waals surface area contributed by atoms with Crippen LogP contribution in [0.5, 0.6) is 0 Å². The largest absolute Gasteiger partial charge is 0.302 e. The fraction of sp³-hybridized carbons (Fsp3) is 0.133. The standard InChI is InChI=1S/C15H13BrN2/c1-2-13-14(11-7-4-3-5-8-11)17-15-12(16)9-6-10-18(13)15/h3-10H,2H2,1H3. The fourth-order valence-electron chi connectivity index (χ4n) is 2.25. The molecular weight excluding hydrogens is 288 g/mol. The molecule has 0 saturated carbocycles. The number of nitrogens with zero attached hydrogens (tertiary/aromatic N) is 2. The predicted octanol–water partition coefficient (Wildman–Crippen LogP) is 4.33. The van der Waals surface area contributed by atoms with Crippen LogP contribution in [-0.4, -0.2) is 9.38 Å². The van der Waals surface area contributed by atoms with E-state index in [0.29, 0.717) is 0 Å². The molecule has 2 aromatic heterocycles. The smallest absolute Gasteiger partial charge is 0.152 e. The molecule has 0 bridgehead atoms. The molecule has 0 fully saturated rings. The van der Waals surface area contributed by atoms with E-state index in [2.05, 4.69) is 45.6 Å². The Hall–Kier alpha value is -1.61. The monoisotopic (exact) mass is 300 g/mol. The van der Waals surface area contributed by atoms with Crippen molar-refractivity contribution in [1.29, 1.82) is 0 Å². The summed E-state index contributed by atoms with van der Waals surface area (Å²) >= 11 is 3.56. The van der Waals surface area contributed by atoms with Gasteiger partial charge in [0.2, 0.25) is 0 Å². The Morgan fingerprint density at radius 3 is 2.61 bits per heavy atom. The molecule has 0 unspecified atom stereocenters. The molecule has 3 aromatic rings. The van der Waals surface area contributed by atoms with Crippen molar-refractivity contribution in [3.8, 4) is 11.3 Å². The van der Waals surface area contributed by atoms with Gasteiger partial charge in [0, 0.05) is 11.8 Å². The second-order valence-electron chi connectivity index (χ2n) is 4.18. The Morgan fingerprint density at radius 2 is 1.89 bits per heavy atom. The number of hydrogen-bond donors (Lipinski definition) is 0. The van der Waals surface area contributed by atoms with Gasteiger partial charge in [-0.2, -0.15) is 0 Å². The third kappa shape index (κ3) is 1.75. The molecule has 0 N–H and O–H groups in total. The molecule has 0 spiro atoms. The summed E-state index contributed by atoms with van der Waals surface area (Å²) in [5.74, 6) is 0. The van der Waals surface area contributed by atoms with Crippen LogP contribution in [0.1, 0.15) is 12.6 Å². The first-order valence-corrected chi connectivity index (χ1v) is 6.81. The highest BCUT2D eigenvalue weighted by atomic mass is 79.9. The number of aromatic nitrogens is 2. The van der Waals surface area contributed by atoms with E-state index in [1.807, 2.05) is 30.3 Å². The van der Waals surface area contributed by atoms with Gasteiger partial charge in [-0.15, -0.1) is 0 Å². The summed E-state index contributed by atoms with van der Waals surface area (Å²) in [6.45, 7) is 2.16. The Labute approximate surface area is 114 Å². The molecule has 0 amide bonds. The fourth-order valence-corrected chi connectivity index (χ4v) is 2.68. The van der Waals surface area contributed by atoms with Gasteiger partial charge in [0.05, 0.1) is 15.9 Å². The molecule has 3 rings (SSSR count). The van der Waals surface area contributed by atoms with Gasteiger partial charge in [-0.25, -0.2) is 4.98 Å². The summed E-state index contributed by atoms with van der Waals surface area (Å²) in [5, 5.41) is 0. The van der Waals surface area contributed by atoms with E-state index in [0.717, 1.165) is 22.2 Å². The maximum absolute atomic E-state index is 4.77. The first kappa shape index (κ1) is 11.5. The average molecular weight is 301 g/mol. The molecular formula is C15H13BrN2. The molecule has 2 heterocycles. The molecule has 0 aliphatic heterocycles. The van der Waals surface area contributed by atoms with Gasteiger partial charge in [-0.05, 0) is 34.5 Å². The molecule has 90 valence electrons. The zero-order chi connectivity index (χ0) is 12.5. The molecule has 18 heavy (non-hydrogen) atoms. The summed E-state index contributed by atoms with van der Waals surface area (Å²) in [6, 6.07) is 14.4. The number of benzene rings is 1. The van der Waals surface area contributed by atoms with Gasteiger partial charge in [0.15, 0.2) is 5.65 Å². The Balaban J connectivity index is 2.33. The number of halogens is 1. The second kappa shape index (κ2) is 4.58. The van der Waals surface area contributed by atoms with E-state index >= 15 is 0 Å². The Kier molecular flexibility index (Phi) is 2.92. The molecule has 3 heteroatoms. The SMILES string of the molecule is CCc1c(-c2ccccc2)nc2c(Br)cccn12. The van der Waals surface area contributed by atoms with E-state index in [-0.39, 0.29) is 0 Å². The highest BCUT2D eigenvalue weighted by Crippen LogP contribution is 2.27. The Morgan fingerprint density at radius 1 is 1.11 bits per heavy atom. The first-order chi connectivity index (χ1) is 8.81. The van der Waals surface area contributed by atoms with E-state index in [9.17, 15) is 0 Å². The van der Waals surface area contributed by atoms with Crippen LogP contribution in [0.2, 0.25) is 0 Å². The van der Waals surface area contributed by atoms with Crippen LogP contribution in [0.15, 0.2) is 53.1 Å². The van der Waals surface area contributed by atoms with Crippen molar-refractivity contribution in [2.75, 3.05) is 0 Å². The molecule has 0 radical (unpaired) electrons. The minimum Gasteiger partial charge on any atom is -0.302 e. The van der Waals surface area contributed by atoms with Crippen LogP contribution in [-0.2, 0) is 6.42 Å². The molecule has 1 aromatic carbocycles. The lowest BCUT2D eigenvalue weighted by molar-refractivity contribution is 0.996. The van der Waals surface area contributed by atoms with Crippen LogP contribution in [0.3, 0.4) is 0 Å². The first-order valence-electron chi connectivity index (χ1n) is 6.02. The number of hydrogen-bond acceptors (Lipinski definition) is 1. The highest BCUT2D eigenvalue weighted by molar-refractivity contribution is 9.10. The molecule has 0 saturated heterocycles. The number of fused-ring (bicyclic) bond motifs is 1. The zero-order valence-corrected chi connectivity index (χ0v) is 11.7. The van der Waals surface area contributed by atoms with Crippen molar-refractivity contribution in [1.82, 2.24) is 9.38 Å². The quantitative estimate of drug-likeness (QED) is 0.689. The highest BCUT2D eigenvalue weighted by Gasteiger charge is 2.13. The van der Waals surface area contributed by atoms with Gasteiger partial charge in [-0.3, -0.25) is 0 Å². The lowest BCUT2D eigenvalue weighted by atomic mass is 10.1. The summed E-state index contributed by atoms with van der Waals surface area (Å²) in [5.41, 5.74) is 4.47. The van der Waals surface area contributed by atoms with Gasteiger partial charge >= 0.3 is 0 Å². The van der Waals surface area contributed by atoms with Crippen molar-refractivity contribution in [2.45, 2.75) is 13.3 Å². The zero-order valence-electron chi connectivity index (χ0n) is 10.1. The van der Waals surface area contributed by atoms with Crippen molar-refractivity contribution in [3.63, 3.8) is 0 Å². The van der Waals surface area contributed by atoms with Crippen molar-refractivity contribution >= 4 is 21.6 Å². The minimum atomic E-state index is 0.960. The summed E-state index contributed by atoms with van der Waals surface area (Å²) in [7, 11) is 0. The van der Waals surface area contributed by atoms with Crippen molar-refractivity contribution < 1.29 is 0 Å². The van der Waals surface area contributed by atoms with Crippen molar-refractivity contribution in [3.05, 3.63) is 58.8 Å². The second-order valence-corrected chi connectivity index (χ2v) is 5.03. The van der Waals surface area contributed by atoms with E-state index in [1.165, 1.54) is 11.3 Å². The lowest BCUT2D eigenvalue weighted by Gasteiger charge is -2.02. The van der Waals surface area contributed by atoms with Gasteiger partial charge in [0.25, 0.3) is 0 Å². The summed E-state index contributed by atoms with van der Waals surface area (Å²) < 4.78 is 3.19. The minimum absolute atomic E-state index is 0.960. The number of imidazole rings is 1. The maximum Gasteiger partial charge on any atom is 0.152 e.